The van der Waals surface area contributed by atoms with E-state index in [1.807, 2.05) is 27.7 Å². The Bertz CT molecular complexity index is 424. The predicted molar refractivity (Wildman–Crippen MR) is 69.1 cm³/mol. The van der Waals surface area contributed by atoms with Gasteiger partial charge in [0.2, 0.25) is 0 Å². The van der Waals surface area contributed by atoms with E-state index in [2.05, 4.69) is 10.3 Å². The third kappa shape index (κ3) is 4.76. The molecule has 1 aromatic heterocycles. The second-order valence-corrected chi connectivity index (χ2v) is 2.79. The fourth-order valence-electron chi connectivity index (χ4n) is 1.13. The van der Waals surface area contributed by atoms with Crippen LogP contribution < -0.4 is 0 Å². The fraction of sp³-hybridized carbons (Fsp3) is 0.385. The van der Waals surface area contributed by atoms with Crippen molar-refractivity contribution in [2.45, 2.75) is 27.7 Å². The van der Waals surface area contributed by atoms with Gasteiger partial charge in [-0.3, -0.25) is 4.68 Å². The second-order valence-electron chi connectivity index (χ2n) is 2.79. The summed E-state index contributed by atoms with van der Waals surface area (Å²) in [5.74, 6) is -0.261. The molecule has 0 radical (unpaired) electrons. The minimum atomic E-state index is -0.261. The largest absolute Gasteiger partial charge is 0.255 e. The quantitative estimate of drug-likeness (QED) is 0.757. The average Bonchev–Trinajstić information content (AvgIpc) is 2.81. The highest BCUT2D eigenvalue weighted by atomic mass is 19.1. The van der Waals surface area contributed by atoms with Gasteiger partial charge in [0.1, 0.15) is 11.5 Å². The van der Waals surface area contributed by atoms with Gasteiger partial charge in [-0.1, -0.05) is 45.0 Å². The monoisotopic (exact) mass is 237 g/mol. The highest BCUT2D eigenvalue weighted by molar-refractivity contribution is 5.57. The van der Waals surface area contributed by atoms with Gasteiger partial charge in [-0.15, -0.1) is 5.10 Å². The lowest BCUT2D eigenvalue weighted by atomic mass is 10.2. The molecule has 0 unspecified atom stereocenters. The molecular weight excluding hydrogens is 217 g/mol. The number of hydrogen-bond donors (Lipinski definition) is 0. The topological polar surface area (TPSA) is 30.7 Å². The summed E-state index contributed by atoms with van der Waals surface area (Å²) in [5.41, 5.74) is 1.43. The van der Waals surface area contributed by atoms with E-state index in [4.69, 9.17) is 0 Å². The van der Waals surface area contributed by atoms with Crippen LogP contribution in [0, 0.1) is 5.82 Å². The highest BCUT2D eigenvalue weighted by Crippen LogP contribution is 2.16. The first-order chi connectivity index (χ1) is 8.25. The minimum Gasteiger partial charge on any atom is -0.255 e. The zero-order valence-corrected chi connectivity index (χ0v) is 11.1. The number of aromatic nitrogens is 3. The first-order valence-electron chi connectivity index (χ1n) is 5.88. The van der Waals surface area contributed by atoms with Crippen molar-refractivity contribution in [2.24, 2.45) is 7.05 Å². The Balaban J connectivity index is 0.000000581. The van der Waals surface area contributed by atoms with Crippen molar-refractivity contribution in [3.05, 3.63) is 36.3 Å². The zero-order valence-electron chi connectivity index (χ0n) is 11.1. The van der Waals surface area contributed by atoms with Crippen LogP contribution in [0.25, 0.3) is 11.3 Å². The van der Waals surface area contributed by atoms with Crippen LogP contribution in [0.1, 0.15) is 27.7 Å². The van der Waals surface area contributed by atoms with E-state index in [0.29, 0.717) is 5.69 Å². The maximum absolute atomic E-state index is 12.8. The molecule has 1 heterocycles. The Hall–Kier alpha value is -1.71. The van der Waals surface area contributed by atoms with E-state index < -0.39 is 0 Å². The molecule has 0 saturated heterocycles. The molecule has 0 amide bonds. The highest BCUT2D eigenvalue weighted by Gasteiger charge is 2.02. The normalized spacial score (nSPS) is 8.59. The van der Waals surface area contributed by atoms with Gasteiger partial charge in [0.05, 0.1) is 6.20 Å². The Morgan fingerprint density at radius 1 is 1.12 bits per heavy atom. The number of aryl methyl sites for hydroxylation is 1. The summed E-state index contributed by atoms with van der Waals surface area (Å²) >= 11 is 0. The van der Waals surface area contributed by atoms with E-state index in [1.54, 1.807) is 30.1 Å². The predicted octanol–water partition coefficient (Wildman–Crippen LogP) is 3.67. The van der Waals surface area contributed by atoms with Crippen molar-refractivity contribution in [2.75, 3.05) is 0 Å². The first kappa shape index (κ1) is 15.3. The molecule has 0 aliphatic heterocycles. The van der Waals surface area contributed by atoms with Crippen molar-refractivity contribution in [1.29, 1.82) is 0 Å². The smallest absolute Gasteiger partial charge is 0.123 e. The number of rotatable bonds is 1. The van der Waals surface area contributed by atoms with E-state index in [-0.39, 0.29) is 5.82 Å². The van der Waals surface area contributed by atoms with Crippen LogP contribution in [0.2, 0.25) is 0 Å². The third-order valence-electron chi connectivity index (χ3n) is 1.72. The van der Waals surface area contributed by atoms with Crippen molar-refractivity contribution >= 4 is 0 Å². The van der Waals surface area contributed by atoms with Crippen LogP contribution in [-0.4, -0.2) is 15.0 Å². The first-order valence-corrected chi connectivity index (χ1v) is 5.88. The molecule has 0 aliphatic rings. The summed E-state index contributed by atoms with van der Waals surface area (Å²) in [4.78, 5) is 0. The van der Waals surface area contributed by atoms with Gasteiger partial charge in [-0.25, -0.2) is 4.39 Å². The standard InChI is InChI=1S/C9H8FN3.2C2H6/c1-13-6-9(11-12-13)7-3-2-4-8(10)5-7;2*1-2/h2-6H,1H3;2*1-2H3. The number of hydrogen-bond acceptors (Lipinski definition) is 2. The average molecular weight is 237 g/mol. The van der Waals surface area contributed by atoms with Gasteiger partial charge in [-0.05, 0) is 12.1 Å². The fourth-order valence-corrected chi connectivity index (χ4v) is 1.13. The van der Waals surface area contributed by atoms with E-state index in [9.17, 15) is 4.39 Å². The van der Waals surface area contributed by atoms with Crippen molar-refractivity contribution in [1.82, 2.24) is 15.0 Å². The van der Waals surface area contributed by atoms with E-state index in [0.717, 1.165) is 5.56 Å². The lowest BCUT2D eigenvalue weighted by Crippen LogP contribution is -1.85. The number of halogens is 1. The lowest BCUT2D eigenvalue weighted by Gasteiger charge is -1.93. The summed E-state index contributed by atoms with van der Waals surface area (Å²) in [7, 11) is 1.77. The molecule has 94 valence electrons. The summed E-state index contributed by atoms with van der Waals surface area (Å²) < 4.78 is 14.4. The molecule has 0 saturated carbocycles. The Morgan fingerprint density at radius 2 is 1.76 bits per heavy atom. The number of benzene rings is 1. The molecule has 0 bridgehead atoms. The molecule has 4 heteroatoms. The van der Waals surface area contributed by atoms with Crippen molar-refractivity contribution in [3.8, 4) is 11.3 Å². The number of nitrogens with zero attached hydrogens (tertiary/aromatic N) is 3. The van der Waals surface area contributed by atoms with Crippen LogP contribution in [0.15, 0.2) is 30.5 Å². The van der Waals surface area contributed by atoms with Crippen LogP contribution in [0.4, 0.5) is 4.39 Å². The molecule has 0 aliphatic carbocycles. The van der Waals surface area contributed by atoms with Gasteiger partial charge < -0.3 is 0 Å². The van der Waals surface area contributed by atoms with Crippen molar-refractivity contribution < 1.29 is 4.39 Å². The van der Waals surface area contributed by atoms with Gasteiger partial charge in [-0.2, -0.15) is 0 Å². The molecule has 0 atom stereocenters. The van der Waals surface area contributed by atoms with Crippen LogP contribution in [-0.2, 0) is 7.05 Å². The van der Waals surface area contributed by atoms with Gasteiger partial charge >= 0.3 is 0 Å². The summed E-state index contributed by atoms with van der Waals surface area (Å²) in [6.45, 7) is 8.00. The SMILES string of the molecule is CC.CC.Cn1cc(-c2cccc(F)c2)nn1. The molecule has 0 N–H and O–H groups in total. The lowest BCUT2D eigenvalue weighted by molar-refractivity contribution is 0.628. The molecule has 0 fully saturated rings. The van der Waals surface area contributed by atoms with Gasteiger partial charge in [0.25, 0.3) is 0 Å². The van der Waals surface area contributed by atoms with Crippen molar-refractivity contribution in [3.63, 3.8) is 0 Å². The Morgan fingerprint density at radius 3 is 2.24 bits per heavy atom. The molecule has 2 rings (SSSR count). The Labute approximate surface area is 102 Å². The molecular formula is C13H20FN3. The summed E-state index contributed by atoms with van der Waals surface area (Å²) in [6.07, 6.45) is 1.74. The maximum atomic E-state index is 12.8. The molecule has 17 heavy (non-hydrogen) atoms. The van der Waals surface area contributed by atoms with Crippen LogP contribution in [0.5, 0.6) is 0 Å². The minimum absolute atomic E-state index is 0.261. The second kappa shape index (κ2) is 8.44. The van der Waals surface area contributed by atoms with Gasteiger partial charge in [0, 0.05) is 12.6 Å². The van der Waals surface area contributed by atoms with Crippen LogP contribution in [0.3, 0.4) is 0 Å². The Kier molecular flexibility index (Phi) is 7.59. The molecule has 3 nitrogen and oxygen atoms in total. The molecule has 1 aromatic carbocycles. The van der Waals surface area contributed by atoms with E-state index >= 15 is 0 Å². The van der Waals surface area contributed by atoms with E-state index in [1.165, 1.54) is 12.1 Å². The summed E-state index contributed by atoms with van der Waals surface area (Å²) in [6, 6.07) is 6.29. The van der Waals surface area contributed by atoms with Crippen LogP contribution >= 0.6 is 0 Å². The zero-order chi connectivity index (χ0) is 13.3. The third-order valence-corrected chi connectivity index (χ3v) is 1.72. The molecule has 2 aromatic rings. The molecule has 0 spiro atoms. The van der Waals surface area contributed by atoms with Gasteiger partial charge in [0.15, 0.2) is 0 Å². The summed E-state index contributed by atoms with van der Waals surface area (Å²) in [5, 5.41) is 7.64. The maximum Gasteiger partial charge on any atom is 0.123 e.